The molecule has 0 radical (unpaired) electrons. The Balaban J connectivity index is 1.73. The second-order valence-electron chi connectivity index (χ2n) is 4.78. The molecule has 2 aromatic carbocycles. The molecule has 0 aliphatic carbocycles. The molecule has 0 aromatic heterocycles. The van der Waals surface area contributed by atoms with Crippen molar-refractivity contribution >= 4 is 39.7 Å². The highest BCUT2D eigenvalue weighted by Gasteiger charge is 2.08. The maximum absolute atomic E-state index is 11.8. The van der Waals surface area contributed by atoms with Gasteiger partial charge in [-0.05, 0) is 52.3 Å². The molecule has 24 heavy (non-hydrogen) atoms. The number of hydrogen-bond acceptors (Lipinski definition) is 4. The summed E-state index contributed by atoms with van der Waals surface area (Å²) in [7, 11) is 0. The van der Waals surface area contributed by atoms with E-state index in [9.17, 15) is 14.4 Å². The van der Waals surface area contributed by atoms with E-state index in [-0.39, 0.29) is 19.1 Å². The van der Waals surface area contributed by atoms with Crippen LogP contribution < -0.4 is 15.4 Å². The second kappa shape index (κ2) is 8.83. The number of carbonyl (C=O) groups excluding carboxylic acids is 3. The van der Waals surface area contributed by atoms with E-state index in [2.05, 4.69) is 26.6 Å². The van der Waals surface area contributed by atoms with E-state index in [1.165, 1.54) is 0 Å². The van der Waals surface area contributed by atoms with Crippen LogP contribution in [0.3, 0.4) is 0 Å². The van der Waals surface area contributed by atoms with Crippen molar-refractivity contribution in [3.63, 3.8) is 0 Å². The molecular weight excluding hydrogens is 376 g/mol. The molecule has 124 valence electrons. The fourth-order valence-corrected chi connectivity index (χ4v) is 2.16. The zero-order chi connectivity index (χ0) is 17.4. The van der Waals surface area contributed by atoms with Crippen LogP contribution in [0.1, 0.15) is 10.4 Å². The zero-order valence-electron chi connectivity index (χ0n) is 12.6. The number of anilines is 1. The molecule has 2 N–H and O–H groups in total. The van der Waals surface area contributed by atoms with Crippen LogP contribution in [-0.4, -0.2) is 31.3 Å². The second-order valence-corrected chi connectivity index (χ2v) is 5.63. The van der Waals surface area contributed by atoms with Gasteiger partial charge in [-0.2, -0.15) is 0 Å². The van der Waals surface area contributed by atoms with Gasteiger partial charge in [0.15, 0.2) is 6.61 Å². The third-order valence-electron chi connectivity index (χ3n) is 2.98. The van der Waals surface area contributed by atoms with Crippen molar-refractivity contribution in [2.45, 2.75) is 0 Å². The number of ether oxygens (including phenoxy) is 1. The van der Waals surface area contributed by atoms with E-state index in [1.54, 1.807) is 42.5 Å². The first-order chi connectivity index (χ1) is 11.6. The van der Waals surface area contributed by atoms with E-state index in [4.69, 9.17) is 4.74 Å². The molecular formula is C17H15BrN2O4. The Bertz CT molecular complexity index is 732. The number of rotatable bonds is 7. The van der Waals surface area contributed by atoms with Crippen LogP contribution in [0.25, 0.3) is 0 Å². The molecule has 0 heterocycles. The molecule has 0 spiro atoms. The lowest BCUT2D eigenvalue weighted by molar-refractivity contribution is -0.125. The highest BCUT2D eigenvalue weighted by molar-refractivity contribution is 9.10. The largest absolute Gasteiger partial charge is 0.484 e. The van der Waals surface area contributed by atoms with Gasteiger partial charge in [0, 0.05) is 10.0 Å². The number of amides is 2. The first kappa shape index (κ1) is 17.7. The van der Waals surface area contributed by atoms with Crippen LogP contribution in [0.5, 0.6) is 5.75 Å². The standard InChI is InChI=1S/C17H15BrN2O4/c18-14-3-1-2-4-15(14)20-16(22)9-19-17(23)11-24-13-7-5-12(10-21)6-8-13/h1-8,10H,9,11H2,(H,19,23)(H,20,22). The van der Waals surface area contributed by atoms with Gasteiger partial charge in [0.2, 0.25) is 5.91 Å². The summed E-state index contributed by atoms with van der Waals surface area (Å²) in [6.07, 6.45) is 0.722. The molecule has 0 unspecified atom stereocenters. The lowest BCUT2D eigenvalue weighted by Crippen LogP contribution is -2.35. The van der Waals surface area contributed by atoms with E-state index >= 15 is 0 Å². The van der Waals surface area contributed by atoms with Crippen molar-refractivity contribution in [2.75, 3.05) is 18.5 Å². The fourth-order valence-electron chi connectivity index (χ4n) is 1.78. The predicted octanol–water partition coefficient (Wildman–Crippen LogP) is 2.40. The lowest BCUT2D eigenvalue weighted by Gasteiger charge is -2.09. The van der Waals surface area contributed by atoms with Gasteiger partial charge in [0.1, 0.15) is 12.0 Å². The predicted molar refractivity (Wildman–Crippen MR) is 93.1 cm³/mol. The van der Waals surface area contributed by atoms with Crippen molar-refractivity contribution < 1.29 is 19.1 Å². The first-order valence-electron chi connectivity index (χ1n) is 7.07. The third kappa shape index (κ3) is 5.51. The van der Waals surface area contributed by atoms with Gasteiger partial charge in [-0.15, -0.1) is 0 Å². The minimum atomic E-state index is -0.420. The summed E-state index contributed by atoms with van der Waals surface area (Å²) in [5, 5.41) is 5.15. The molecule has 6 nitrogen and oxygen atoms in total. The van der Waals surface area contributed by atoms with Crippen LogP contribution in [0, 0.1) is 0 Å². The van der Waals surface area contributed by atoms with Gasteiger partial charge < -0.3 is 15.4 Å². The number of aldehydes is 1. The van der Waals surface area contributed by atoms with Crippen molar-refractivity contribution in [3.05, 3.63) is 58.6 Å². The van der Waals surface area contributed by atoms with Gasteiger partial charge in [0.25, 0.3) is 5.91 Å². The Labute approximate surface area is 147 Å². The fraction of sp³-hybridized carbons (Fsp3) is 0.118. The maximum Gasteiger partial charge on any atom is 0.258 e. The van der Waals surface area contributed by atoms with Crippen molar-refractivity contribution in [1.82, 2.24) is 5.32 Å². The summed E-state index contributed by atoms with van der Waals surface area (Å²) in [5.41, 5.74) is 1.15. The summed E-state index contributed by atoms with van der Waals surface area (Å²) < 4.78 is 6.03. The molecule has 2 aromatic rings. The zero-order valence-corrected chi connectivity index (χ0v) is 14.2. The van der Waals surface area contributed by atoms with E-state index in [0.717, 1.165) is 10.8 Å². The molecule has 7 heteroatoms. The Morgan fingerprint density at radius 2 is 1.75 bits per heavy atom. The average molecular weight is 391 g/mol. The summed E-state index contributed by atoms with van der Waals surface area (Å²) in [6.45, 7) is -0.379. The molecule has 2 amide bonds. The molecule has 2 rings (SSSR count). The molecule has 0 saturated heterocycles. The van der Waals surface area contributed by atoms with Gasteiger partial charge in [-0.25, -0.2) is 0 Å². The molecule has 0 atom stereocenters. The summed E-state index contributed by atoms with van der Waals surface area (Å²) in [6, 6.07) is 13.5. The van der Waals surface area contributed by atoms with Crippen LogP contribution >= 0.6 is 15.9 Å². The van der Waals surface area contributed by atoms with Crippen molar-refractivity contribution in [1.29, 1.82) is 0 Å². The molecule has 0 aliphatic heterocycles. The van der Waals surface area contributed by atoms with Crippen LogP contribution in [-0.2, 0) is 9.59 Å². The highest BCUT2D eigenvalue weighted by Crippen LogP contribution is 2.20. The van der Waals surface area contributed by atoms with Gasteiger partial charge in [0.05, 0.1) is 12.2 Å². The summed E-state index contributed by atoms with van der Waals surface area (Å²) in [4.78, 5) is 34.0. The maximum atomic E-state index is 11.8. The number of benzene rings is 2. The first-order valence-corrected chi connectivity index (χ1v) is 7.87. The summed E-state index contributed by atoms with van der Waals surface area (Å²) in [5.74, 6) is -0.296. The number of halogens is 1. The monoisotopic (exact) mass is 390 g/mol. The van der Waals surface area contributed by atoms with E-state index < -0.39 is 5.91 Å². The highest BCUT2D eigenvalue weighted by atomic mass is 79.9. The lowest BCUT2D eigenvalue weighted by atomic mass is 10.2. The SMILES string of the molecule is O=Cc1ccc(OCC(=O)NCC(=O)Nc2ccccc2Br)cc1. The number of para-hydroxylation sites is 1. The number of carbonyl (C=O) groups is 3. The minimum Gasteiger partial charge on any atom is -0.484 e. The molecule has 0 bridgehead atoms. The average Bonchev–Trinajstić information content (AvgIpc) is 2.60. The number of nitrogens with one attached hydrogen (secondary N) is 2. The summed E-state index contributed by atoms with van der Waals surface area (Å²) >= 11 is 3.32. The molecule has 0 fully saturated rings. The van der Waals surface area contributed by atoms with Crippen molar-refractivity contribution in [2.24, 2.45) is 0 Å². The van der Waals surface area contributed by atoms with Gasteiger partial charge >= 0.3 is 0 Å². The third-order valence-corrected chi connectivity index (χ3v) is 3.67. The Hall–Kier alpha value is -2.67. The van der Waals surface area contributed by atoms with E-state index in [0.29, 0.717) is 17.0 Å². The quantitative estimate of drug-likeness (QED) is 0.710. The Morgan fingerprint density at radius 1 is 1.04 bits per heavy atom. The van der Waals surface area contributed by atoms with E-state index in [1.807, 2.05) is 6.07 Å². The van der Waals surface area contributed by atoms with Crippen LogP contribution in [0.2, 0.25) is 0 Å². The Morgan fingerprint density at radius 3 is 2.42 bits per heavy atom. The molecule has 0 aliphatic rings. The topological polar surface area (TPSA) is 84.5 Å². The number of hydrogen-bond donors (Lipinski definition) is 2. The van der Waals surface area contributed by atoms with Crippen LogP contribution in [0.15, 0.2) is 53.0 Å². The normalized spacial score (nSPS) is 9.88. The van der Waals surface area contributed by atoms with Crippen molar-refractivity contribution in [3.8, 4) is 5.75 Å². The van der Waals surface area contributed by atoms with Gasteiger partial charge in [-0.3, -0.25) is 14.4 Å². The van der Waals surface area contributed by atoms with Gasteiger partial charge in [-0.1, -0.05) is 12.1 Å². The molecule has 0 saturated carbocycles. The van der Waals surface area contributed by atoms with Crippen LogP contribution in [0.4, 0.5) is 5.69 Å². The smallest absolute Gasteiger partial charge is 0.258 e. The minimum absolute atomic E-state index is 0.159. The Kier molecular flexibility index (Phi) is 6.51.